The van der Waals surface area contributed by atoms with Gasteiger partial charge in [-0.1, -0.05) is 0 Å². The monoisotopic (exact) mass is 188 g/mol. The number of methoxy groups -OCH3 is 1. The van der Waals surface area contributed by atoms with Crippen LogP contribution in [-0.4, -0.2) is 52.0 Å². The second kappa shape index (κ2) is 5.90. The normalized spacial score (nSPS) is 16.7. The Labute approximate surface area is 77.8 Å². The zero-order chi connectivity index (χ0) is 9.52. The van der Waals surface area contributed by atoms with Crippen molar-refractivity contribution in [2.24, 2.45) is 0 Å². The van der Waals surface area contributed by atoms with Crippen molar-refractivity contribution in [2.45, 2.75) is 6.04 Å². The van der Waals surface area contributed by atoms with Gasteiger partial charge in [-0.3, -0.25) is 4.79 Å². The molecule has 0 aliphatic carbocycles. The van der Waals surface area contributed by atoms with Crippen LogP contribution in [0.4, 0.5) is 0 Å². The SMILES string of the molecule is COCCNC(=O)CNC1COC1. The van der Waals surface area contributed by atoms with Gasteiger partial charge >= 0.3 is 0 Å². The molecule has 76 valence electrons. The summed E-state index contributed by atoms with van der Waals surface area (Å²) in [5.74, 6) is 0.00366. The minimum absolute atomic E-state index is 0.00366. The van der Waals surface area contributed by atoms with Gasteiger partial charge in [0.1, 0.15) is 0 Å². The van der Waals surface area contributed by atoms with Gasteiger partial charge in [0.05, 0.1) is 32.4 Å². The highest BCUT2D eigenvalue weighted by Crippen LogP contribution is 1.97. The molecule has 0 bridgehead atoms. The molecule has 0 spiro atoms. The van der Waals surface area contributed by atoms with Gasteiger partial charge < -0.3 is 20.1 Å². The third-order valence-corrected chi connectivity index (χ3v) is 1.82. The van der Waals surface area contributed by atoms with E-state index in [1.165, 1.54) is 0 Å². The zero-order valence-electron chi connectivity index (χ0n) is 7.84. The molecule has 1 fully saturated rings. The third kappa shape index (κ3) is 4.21. The van der Waals surface area contributed by atoms with Crippen LogP contribution in [0.15, 0.2) is 0 Å². The lowest BCUT2D eigenvalue weighted by molar-refractivity contribution is -0.121. The summed E-state index contributed by atoms with van der Waals surface area (Å²) in [6, 6.07) is 0.355. The fourth-order valence-corrected chi connectivity index (χ4v) is 0.946. The van der Waals surface area contributed by atoms with E-state index < -0.39 is 0 Å². The summed E-state index contributed by atoms with van der Waals surface area (Å²) in [7, 11) is 1.61. The van der Waals surface area contributed by atoms with Crippen LogP contribution >= 0.6 is 0 Å². The maximum Gasteiger partial charge on any atom is 0.234 e. The molecule has 1 rings (SSSR count). The summed E-state index contributed by atoms with van der Waals surface area (Å²) in [5, 5.41) is 5.79. The second-order valence-corrected chi connectivity index (χ2v) is 2.96. The van der Waals surface area contributed by atoms with Gasteiger partial charge in [0, 0.05) is 13.7 Å². The highest BCUT2D eigenvalue weighted by atomic mass is 16.5. The number of amides is 1. The molecule has 0 radical (unpaired) electrons. The molecular weight excluding hydrogens is 172 g/mol. The molecule has 1 aliphatic heterocycles. The predicted molar refractivity (Wildman–Crippen MR) is 47.5 cm³/mol. The van der Waals surface area contributed by atoms with E-state index in [4.69, 9.17) is 9.47 Å². The van der Waals surface area contributed by atoms with E-state index in [9.17, 15) is 4.79 Å². The van der Waals surface area contributed by atoms with Gasteiger partial charge in [-0.2, -0.15) is 0 Å². The van der Waals surface area contributed by atoms with Crippen molar-refractivity contribution < 1.29 is 14.3 Å². The summed E-state index contributed by atoms with van der Waals surface area (Å²) in [6.45, 7) is 2.91. The highest BCUT2D eigenvalue weighted by Gasteiger charge is 2.17. The van der Waals surface area contributed by atoms with E-state index in [2.05, 4.69) is 10.6 Å². The molecule has 0 saturated carbocycles. The van der Waals surface area contributed by atoms with Gasteiger partial charge in [0.25, 0.3) is 0 Å². The largest absolute Gasteiger partial charge is 0.383 e. The van der Waals surface area contributed by atoms with E-state index in [1.807, 2.05) is 0 Å². The lowest BCUT2D eigenvalue weighted by atomic mass is 10.2. The molecule has 5 heteroatoms. The zero-order valence-corrected chi connectivity index (χ0v) is 7.84. The smallest absolute Gasteiger partial charge is 0.234 e. The van der Waals surface area contributed by atoms with Crippen molar-refractivity contribution in [2.75, 3.05) is 40.0 Å². The van der Waals surface area contributed by atoms with Crippen LogP contribution in [0.25, 0.3) is 0 Å². The first-order valence-corrected chi connectivity index (χ1v) is 4.39. The van der Waals surface area contributed by atoms with Crippen LogP contribution in [0, 0.1) is 0 Å². The number of carbonyl (C=O) groups is 1. The fourth-order valence-electron chi connectivity index (χ4n) is 0.946. The Balaban J connectivity index is 1.90. The van der Waals surface area contributed by atoms with E-state index in [0.29, 0.717) is 39.0 Å². The van der Waals surface area contributed by atoms with Gasteiger partial charge in [0.2, 0.25) is 5.91 Å². The summed E-state index contributed by atoms with van der Waals surface area (Å²) >= 11 is 0. The first kappa shape index (κ1) is 10.4. The molecule has 1 saturated heterocycles. The number of nitrogens with one attached hydrogen (secondary N) is 2. The molecule has 0 aromatic rings. The van der Waals surface area contributed by atoms with Crippen LogP contribution < -0.4 is 10.6 Å². The molecular formula is C8H16N2O3. The molecule has 0 unspecified atom stereocenters. The Morgan fingerprint density at radius 2 is 2.38 bits per heavy atom. The van der Waals surface area contributed by atoms with Crippen molar-refractivity contribution in [1.82, 2.24) is 10.6 Å². The Kier molecular flexibility index (Phi) is 4.74. The summed E-state index contributed by atoms with van der Waals surface area (Å²) in [6.07, 6.45) is 0. The third-order valence-electron chi connectivity index (χ3n) is 1.82. The Morgan fingerprint density at radius 3 is 2.92 bits per heavy atom. The molecule has 0 aromatic heterocycles. The van der Waals surface area contributed by atoms with E-state index >= 15 is 0 Å². The van der Waals surface area contributed by atoms with Gasteiger partial charge in [0.15, 0.2) is 0 Å². The summed E-state index contributed by atoms with van der Waals surface area (Å²) in [5.41, 5.74) is 0. The average molecular weight is 188 g/mol. The van der Waals surface area contributed by atoms with E-state index in [1.54, 1.807) is 7.11 Å². The molecule has 0 atom stereocenters. The van der Waals surface area contributed by atoms with Gasteiger partial charge in [-0.15, -0.1) is 0 Å². The minimum atomic E-state index is 0.00366. The van der Waals surface area contributed by atoms with Crippen molar-refractivity contribution in [3.8, 4) is 0 Å². The quantitative estimate of drug-likeness (QED) is 0.511. The van der Waals surface area contributed by atoms with Crippen molar-refractivity contribution in [3.63, 3.8) is 0 Å². The van der Waals surface area contributed by atoms with Crippen LogP contribution in [0.5, 0.6) is 0 Å². The minimum Gasteiger partial charge on any atom is -0.383 e. The second-order valence-electron chi connectivity index (χ2n) is 2.96. The van der Waals surface area contributed by atoms with Crippen molar-refractivity contribution in [1.29, 1.82) is 0 Å². The van der Waals surface area contributed by atoms with Crippen LogP contribution in [0.1, 0.15) is 0 Å². The Bertz CT molecular complexity index is 159. The average Bonchev–Trinajstić information content (AvgIpc) is 2.02. The van der Waals surface area contributed by atoms with Gasteiger partial charge in [-0.05, 0) is 0 Å². The highest BCUT2D eigenvalue weighted by molar-refractivity contribution is 5.77. The van der Waals surface area contributed by atoms with Crippen LogP contribution in [-0.2, 0) is 14.3 Å². The number of hydrogen-bond donors (Lipinski definition) is 2. The summed E-state index contributed by atoms with van der Waals surface area (Å²) < 4.78 is 9.75. The molecule has 1 amide bonds. The number of rotatable bonds is 6. The molecule has 2 N–H and O–H groups in total. The van der Waals surface area contributed by atoms with E-state index in [-0.39, 0.29) is 5.91 Å². The molecule has 5 nitrogen and oxygen atoms in total. The topological polar surface area (TPSA) is 59.6 Å². The standard InChI is InChI=1S/C8H16N2O3/c1-12-3-2-9-8(11)4-10-7-5-13-6-7/h7,10H,2-6H2,1H3,(H,9,11). The first-order chi connectivity index (χ1) is 6.33. The number of hydrogen-bond acceptors (Lipinski definition) is 4. The predicted octanol–water partition coefficient (Wildman–Crippen LogP) is -1.26. The van der Waals surface area contributed by atoms with Gasteiger partial charge in [-0.25, -0.2) is 0 Å². The first-order valence-electron chi connectivity index (χ1n) is 4.39. The molecule has 0 aromatic carbocycles. The lowest BCUT2D eigenvalue weighted by Crippen LogP contribution is -2.49. The maximum atomic E-state index is 11.1. The number of ether oxygens (including phenoxy) is 2. The molecule has 13 heavy (non-hydrogen) atoms. The van der Waals surface area contributed by atoms with E-state index in [0.717, 1.165) is 0 Å². The van der Waals surface area contributed by atoms with Crippen molar-refractivity contribution in [3.05, 3.63) is 0 Å². The lowest BCUT2D eigenvalue weighted by Gasteiger charge is -2.26. The Morgan fingerprint density at radius 1 is 1.62 bits per heavy atom. The molecule has 1 heterocycles. The maximum absolute atomic E-state index is 11.1. The fraction of sp³-hybridized carbons (Fsp3) is 0.875. The van der Waals surface area contributed by atoms with Crippen molar-refractivity contribution >= 4 is 5.91 Å². The Hall–Kier alpha value is -0.650. The van der Waals surface area contributed by atoms with Crippen LogP contribution in [0.2, 0.25) is 0 Å². The molecule has 1 aliphatic rings. The summed E-state index contributed by atoms with van der Waals surface area (Å²) in [4.78, 5) is 11.1. The number of carbonyl (C=O) groups excluding carboxylic acids is 1. The van der Waals surface area contributed by atoms with Crippen LogP contribution in [0.3, 0.4) is 0 Å².